The molecule has 0 bridgehead atoms. The van der Waals surface area contributed by atoms with E-state index in [9.17, 15) is 14.3 Å². The number of halogens is 1. The smallest absolute Gasteiger partial charge is 0.251 e. The summed E-state index contributed by atoms with van der Waals surface area (Å²) in [6.07, 6.45) is 3.09. The van der Waals surface area contributed by atoms with Crippen LogP contribution in [0.1, 0.15) is 22.3 Å². The van der Waals surface area contributed by atoms with Crippen molar-refractivity contribution in [3.05, 3.63) is 59.7 Å². The van der Waals surface area contributed by atoms with Crippen molar-refractivity contribution < 1.29 is 19.0 Å². The normalized spacial score (nSPS) is 20.6. The van der Waals surface area contributed by atoms with Crippen LogP contribution in [0.15, 0.2) is 42.7 Å². The van der Waals surface area contributed by atoms with Crippen LogP contribution < -0.4 is 10.1 Å². The van der Waals surface area contributed by atoms with Gasteiger partial charge < -0.3 is 15.2 Å². The maximum absolute atomic E-state index is 13.5. The molecule has 2 atom stereocenters. The number of carbonyl (C=O) groups is 1. The molecule has 6 nitrogen and oxygen atoms in total. The Bertz CT molecular complexity index is 757. The van der Waals surface area contributed by atoms with Crippen LogP contribution in [0, 0.1) is 5.82 Å². The molecule has 1 aliphatic heterocycles. The third kappa shape index (κ3) is 4.36. The highest BCUT2D eigenvalue weighted by Crippen LogP contribution is 2.21. The number of nitrogens with one attached hydrogen (secondary N) is 1. The number of likely N-dealkylation sites (tertiary alicyclic amines) is 1. The largest absolute Gasteiger partial charge is 0.494 e. The molecule has 0 saturated carbocycles. The van der Waals surface area contributed by atoms with Gasteiger partial charge in [-0.1, -0.05) is 6.07 Å². The number of amides is 1. The summed E-state index contributed by atoms with van der Waals surface area (Å²) in [4.78, 5) is 18.2. The second-order valence-corrected chi connectivity index (χ2v) is 6.38. The van der Waals surface area contributed by atoms with E-state index >= 15 is 0 Å². The van der Waals surface area contributed by atoms with Crippen molar-refractivity contribution in [3.8, 4) is 5.75 Å². The van der Waals surface area contributed by atoms with Crippen LogP contribution in [0.2, 0.25) is 0 Å². The molecule has 2 heterocycles. The minimum absolute atomic E-state index is 0.211. The first-order valence-corrected chi connectivity index (χ1v) is 8.50. The predicted molar refractivity (Wildman–Crippen MR) is 94.3 cm³/mol. The monoisotopic (exact) mass is 359 g/mol. The molecule has 1 amide bonds. The van der Waals surface area contributed by atoms with Crippen LogP contribution in [0.4, 0.5) is 4.39 Å². The van der Waals surface area contributed by atoms with Crippen molar-refractivity contribution in [1.29, 1.82) is 0 Å². The molecule has 0 aliphatic carbocycles. The summed E-state index contributed by atoms with van der Waals surface area (Å²) < 4.78 is 18.5. The average molecular weight is 359 g/mol. The second kappa shape index (κ2) is 8.25. The fraction of sp³-hybridized carbons (Fsp3) is 0.368. The lowest BCUT2D eigenvalue weighted by Gasteiger charge is -2.36. The Morgan fingerprint density at radius 3 is 2.85 bits per heavy atom. The molecular formula is C19H22FN3O3. The zero-order valence-corrected chi connectivity index (χ0v) is 14.6. The van der Waals surface area contributed by atoms with Gasteiger partial charge in [-0.05, 0) is 36.2 Å². The van der Waals surface area contributed by atoms with Crippen LogP contribution in [0.3, 0.4) is 0 Å². The number of β-amino-alcohol motifs (C(OH)–C–C–N with tert-alkyl or cyclic N) is 1. The van der Waals surface area contributed by atoms with Crippen molar-refractivity contribution in [2.24, 2.45) is 0 Å². The lowest BCUT2D eigenvalue weighted by molar-refractivity contribution is 0.0349. The Morgan fingerprint density at radius 2 is 2.15 bits per heavy atom. The summed E-state index contributed by atoms with van der Waals surface area (Å²) in [7, 11) is 1.43. The summed E-state index contributed by atoms with van der Waals surface area (Å²) in [6, 6.07) is 7.74. The maximum atomic E-state index is 13.5. The zero-order valence-electron chi connectivity index (χ0n) is 14.6. The highest BCUT2D eigenvalue weighted by molar-refractivity contribution is 5.94. The summed E-state index contributed by atoms with van der Waals surface area (Å²) in [5.74, 6) is -0.399. The quantitative estimate of drug-likeness (QED) is 0.848. The standard InChI is InChI=1S/C19H22FN3O3/c1-26-18-10-13(2-3-15(18)20)11-23-9-6-16(17(24)12-23)22-19(25)14-4-7-21-8-5-14/h2-5,7-8,10,16-17,24H,6,9,11-12H2,1H3,(H,22,25)/t16-,17-/m0/s1. The van der Waals surface area contributed by atoms with Crippen LogP contribution >= 0.6 is 0 Å². The van der Waals surface area contributed by atoms with E-state index in [1.165, 1.54) is 13.2 Å². The van der Waals surface area contributed by atoms with E-state index in [1.54, 1.807) is 36.7 Å². The third-order valence-corrected chi connectivity index (χ3v) is 4.55. The van der Waals surface area contributed by atoms with Gasteiger partial charge in [0, 0.05) is 37.6 Å². The number of nitrogens with zero attached hydrogens (tertiary/aromatic N) is 2. The summed E-state index contributed by atoms with van der Waals surface area (Å²) in [5.41, 5.74) is 1.43. The number of hydrogen-bond acceptors (Lipinski definition) is 5. The Labute approximate surface area is 151 Å². The molecule has 7 heteroatoms. The first kappa shape index (κ1) is 18.3. The van der Waals surface area contributed by atoms with Crippen molar-refractivity contribution in [2.75, 3.05) is 20.2 Å². The Morgan fingerprint density at radius 1 is 1.38 bits per heavy atom. The van der Waals surface area contributed by atoms with E-state index in [0.29, 0.717) is 25.1 Å². The van der Waals surface area contributed by atoms with Gasteiger partial charge in [-0.3, -0.25) is 14.7 Å². The number of pyridine rings is 1. The molecule has 1 saturated heterocycles. The molecule has 1 fully saturated rings. The predicted octanol–water partition coefficient (Wildman–Crippen LogP) is 1.59. The number of piperidine rings is 1. The van der Waals surface area contributed by atoms with Crippen molar-refractivity contribution >= 4 is 5.91 Å². The van der Waals surface area contributed by atoms with Crippen LogP contribution in [-0.2, 0) is 6.54 Å². The highest BCUT2D eigenvalue weighted by Gasteiger charge is 2.29. The van der Waals surface area contributed by atoms with E-state index in [0.717, 1.165) is 12.1 Å². The van der Waals surface area contributed by atoms with Gasteiger partial charge in [0.15, 0.2) is 11.6 Å². The van der Waals surface area contributed by atoms with Crippen LogP contribution in [0.25, 0.3) is 0 Å². The van der Waals surface area contributed by atoms with Gasteiger partial charge >= 0.3 is 0 Å². The van der Waals surface area contributed by atoms with Gasteiger partial charge in [0.05, 0.1) is 19.3 Å². The number of methoxy groups -OCH3 is 1. The van der Waals surface area contributed by atoms with Gasteiger partial charge in [0.25, 0.3) is 5.91 Å². The van der Waals surface area contributed by atoms with Gasteiger partial charge in [-0.25, -0.2) is 4.39 Å². The zero-order chi connectivity index (χ0) is 18.5. The summed E-state index contributed by atoms with van der Waals surface area (Å²) in [5, 5.41) is 13.3. The lowest BCUT2D eigenvalue weighted by Crippen LogP contribution is -2.53. The molecule has 2 N–H and O–H groups in total. The minimum atomic E-state index is -0.670. The minimum Gasteiger partial charge on any atom is -0.494 e. The number of ether oxygens (including phenoxy) is 1. The topological polar surface area (TPSA) is 74.7 Å². The molecule has 0 radical (unpaired) electrons. The third-order valence-electron chi connectivity index (χ3n) is 4.55. The molecule has 2 aromatic rings. The summed E-state index contributed by atoms with van der Waals surface area (Å²) >= 11 is 0. The number of benzene rings is 1. The molecule has 1 aliphatic rings. The van der Waals surface area contributed by atoms with E-state index in [1.807, 2.05) is 0 Å². The van der Waals surface area contributed by atoms with Crippen molar-refractivity contribution in [2.45, 2.75) is 25.1 Å². The van der Waals surface area contributed by atoms with Gasteiger partial charge in [-0.2, -0.15) is 0 Å². The molecule has 26 heavy (non-hydrogen) atoms. The van der Waals surface area contributed by atoms with E-state index in [4.69, 9.17) is 4.74 Å². The number of carbonyl (C=O) groups excluding carboxylic acids is 1. The van der Waals surface area contributed by atoms with Crippen molar-refractivity contribution in [1.82, 2.24) is 15.2 Å². The van der Waals surface area contributed by atoms with E-state index < -0.39 is 11.9 Å². The molecule has 0 unspecified atom stereocenters. The summed E-state index contributed by atoms with van der Waals surface area (Å²) in [6.45, 7) is 1.73. The van der Waals surface area contributed by atoms with Gasteiger partial charge in [0.1, 0.15) is 0 Å². The molecular weight excluding hydrogens is 337 g/mol. The molecule has 3 rings (SSSR count). The SMILES string of the molecule is COc1cc(CN2CC[C@H](NC(=O)c3ccncc3)[C@@H](O)C2)ccc1F. The highest BCUT2D eigenvalue weighted by atomic mass is 19.1. The lowest BCUT2D eigenvalue weighted by atomic mass is 10.0. The fourth-order valence-corrected chi connectivity index (χ4v) is 3.12. The van der Waals surface area contributed by atoms with Crippen LogP contribution in [0.5, 0.6) is 5.75 Å². The average Bonchev–Trinajstić information content (AvgIpc) is 2.66. The number of aliphatic hydroxyl groups is 1. The maximum Gasteiger partial charge on any atom is 0.251 e. The second-order valence-electron chi connectivity index (χ2n) is 6.38. The Hall–Kier alpha value is -2.51. The number of aliphatic hydroxyl groups excluding tert-OH is 1. The number of rotatable bonds is 5. The molecule has 1 aromatic carbocycles. The van der Waals surface area contributed by atoms with Gasteiger partial charge in [0.2, 0.25) is 0 Å². The van der Waals surface area contributed by atoms with E-state index in [2.05, 4.69) is 15.2 Å². The van der Waals surface area contributed by atoms with E-state index in [-0.39, 0.29) is 17.7 Å². The number of hydrogen-bond donors (Lipinski definition) is 2. The number of aromatic nitrogens is 1. The van der Waals surface area contributed by atoms with Gasteiger partial charge in [-0.15, -0.1) is 0 Å². The Kier molecular flexibility index (Phi) is 5.80. The fourth-order valence-electron chi connectivity index (χ4n) is 3.12. The Balaban J connectivity index is 1.56. The van der Waals surface area contributed by atoms with Crippen molar-refractivity contribution in [3.63, 3.8) is 0 Å². The molecule has 1 aromatic heterocycles. The molecule has 138 valence electrons. The first-order chi connectivity index (χ1) is 12.6. The molecule has 0 spiro atoms. The van der Waals surface area contributed by atoms with Crippen LogP contribution in [-0.4, -0.2) is 53.2 Å². The first-order valence-electron chi connectivity index (χ1n) is 8.50.